The molecule has 0 atom stereocenters. The van der Waals surface area contributed by atoms with Crippen LogP contribution < -0.4 is 4.74 Å². The van der Waals surface area contributed by atoms with E-state index in [-0.39, 0.29) is 0 Å². The first-order chi connectivity index (χ1) is 6.93. The van der Waals surface area contributed by atoms with Crippen LogP contribution in [0.3, 0.4) is 0 Å². The maximum Gasteiger partial charge on any atom is 0.134 e. The van der Waals surface area contributed by atoms with Gasteiger partial charge in [-0.15, -0.1) is 0 Å². The molecule has 14 heavy (non-hydrogen) atoms. The van der Waals surface area contributed by atoms with Crippen molar-refractivity contribution in [2.45, 2.75) is 19.3 Å². The van der Waals surface area contributed by atoms with Gasteiger partial charge in [-0.2, -0.15) is 0 Å². The van der Waals surface area contributed by atoms with Crippen LogP contribution in [-0.2, 0) is 0 Å². The van der Waals surface area contributed by atoms with Gasteiger partial charge in [0.25, 0.3) is 0 Å². The monoisotopic (exact) mass is 184 g/mol. The normalized spacial score (nSPS) is 18.6. The van der Waals surface area contributed by atoms with Crippen LogP contribution in [0.4, 0.5) is 0 Å². The Kier molecular flexibility index (Phi) is 1.69. The van der Waals surface area contributed by atoms with Crippen molar-refractivity contribution in [1.29, 1.82) is 0 Å². The van der Waals surface area contributed by atoms with E-state index in [1.165, 1.54) is 17.6 Å². The summed E-state index contributed by atoms with van der Waals surface area (Å²) in [6.07, 6.45) is 8.00. The third-order valence-electron chi connectivity index (χ3n) is 2.77. The summed E-state index contributed by atoms with van der Waals surface area (Å²) in [5.41, 5.74) is 2.57. The van der Waals surface area contributed by atoms with Crippen LogP contribution in [-0.4, -0.2) is 0 Å². The summed E-state index contributed by atoms with van der Waals surface area (Å²) in [6, 6.07) is 8.20. The van der Waals surface area contributed by atoms with Gasteiger partial charge in [-0.1, -0.05) is 18.2 Å². The summed E-state index contributed by atoms with van der Waals surface area (Å²) >= 11 is 0. The Morgan fingerprint density at radius 1 is 1.14 bits per heavy atom. The molecule has 0 amide bonds. The van der Waals surface area contributed by atoms with Crippen molar-refractivity contribution in [3.05, 3.63) is 47.2 Å². The molecule has 0 saturated heterocycles. The van der Waals surface area contributed by atoms with Gasteiger partial charge in [-0.3, -0.25) is 0 Å². The van der Waals surface area contributed by atoms with Gasteiger partial charge >= 0.3 is 0 Å². The second kappa shape index (κ2) is 3.02. The van der Waals surface area contributed by atoms with E-state index < -0.39 is 0 Å². The van der Waals surface area contributed by atoms with Crippen molar-refractivity contribution in [3.63, 3.8) is 0 Å². The number of hydrogen-bond acceptors (Lipinski definition) is 1. The van der Waals surface area contributed by atoms with E-state index in [1.54, 1.807) is 0 Å². The van der Waals surface area contributed by atoms with Gasteiger partial charge in [0.05, 0.1) is 0 Å². The molecular weight excluding hydrogens is 172 g/mol. The lowest BCUT2D eigenvalue weighted by Gasteiger charge is -2.23. The van der Waals surface area contributed by atoms with E-state index in [2.05, 4.69) is 24.3 Å². The smallest absolute Gasteiger partial charge is 0.134 e. The highest BCUT2D eigenvalue weighted by molar-refractivity contribution is 5.66. The van der Waals surface area contributed by atoms with Gasteiger partial charge < -0.3 is 4.74 Å². The van der Waals surface area contributed by atoms with E-state index >= 15 is 0 Å². The summed E-state index contributed by atoms with van der Waals surface area (Å²) in [4.78, 5) is 0. The molecule has 1 aliphatic heterocycles. The van der Waals surface area contributed by atoms with E-state index in [4.69, 9.17) is 4.74 Å². The molecule has 1 aromatic rings. The number of rotatable bonds is 0. The highest BCUT2D eigenvalue weighted by Gasteiger charge is 2.18. The first kappa shape index (κ1) is 7.86. The minimum Gasteiger partial charge on any atom is -0.457 e. The molecule has 1 heterocycles. The minimum absolute atomic E-state index is 0.990. The van der Waals surface area contributed by atoms with Gasteiger partial charge in [0.15, 0.2) is 0 Å². The molecule has 1 heteroatoms. The fourth-order valence-electron chi connectivity index (χ4n) is 2.03. The number of benzene rings is 1. The molecule has 0 unspecified atom stereocenters. The molecule has 0 fully saturated rings. The first-order valence-corrected chi connectivity index (χ1v) is 5.11. The van der Waals surface area contributed by atoms with Crippen LogP contribution in [0.1, 0.15) is 24.8 Å². The van der Waals surface area contributed by atoms with Gasteiger partial charge in [0.2, 0.25) is 0 Å². The minimum atomic E-state index is 0.990. The Labute approximate surface area is 83.7 Å². The topological polar surface area (TPSA) is 9.23 Å². The van der Waals surface area contributed by atoms with Gasteiger partial charge in [0, 0.05) is 5.56 Å². The molecule has 0 aromatic heterocycles. The average molecular weight is 184 g/mol. The number of para-hydroxylation sites is 1. The summed E-state index contributed by atoms with van der Waals surface area (Å²) in [6.45, 7) is 0. The molecule has 0 bridgehead atoms. The molecule has 0 saturated carbocycles. The fourth-order valence-corrected chi connectivity index (χ4v) is 2.03. The van der Waals surface area contributed by atoms with Crippen molar-refractivity contribution in [3.8, 4) is 5.75 Å². The maximum absolute atomic E-state index is 5.83. The van der Waals surface area contributed by atoms with Crippen molar-refractivity contribution in [2.24, 2.45) is 0 Å². The van der Waals surface area contributed by atoms with Gasteiger partial charge in [0.1, 0.15) is 11.5 Å². The molecule has 0 radical (unpaired) electrons. The van der Waals surface area contributed by atoms with Gasteiger partial charge in [-0.05, 0) is 43.1 Å². The molecular formula is C13H12O. The molecule has 0 N–H and O–H groups in total. The van der Waals surface area contributed by atoms with Crippen LogP contribution >= 0.6 is 0 Å². The quantitative estimate of drug-likeness (QED) is 0.599. The van der Waals surface area contributed by atoms with Gasteiger partial charge in [-0.25, -0.2) is 0 Å². The number of ether oxygens (including phenoxy) is 1. The number of fused-ring (bicyclic) bond motifs is 2. The predicted molar refractivity (Wildman–Crippen MR) is 57.0 cm³/mol. The van der Waals surface area contributed by atoms with E-state index in [9.17, 15) is 0 Å². The Morgan fingerprint density at radius 3 is 3.07 bits per heavy atom. The highest BCUT2D eigenvalue weighted by Crippen LogP contribution is 2.35. The summed E-state index contributed by atoms with van der Waals surface area (Å²) in [5.74, 6) is 2.07. The Morgan fingerprint density at radius 2 is 2.07 bits per heavy atom. The van der Waals surface area contributed by atoms with Crippen LogP contribution in [0.25, 0.3) is 6.08 Å². The Balaban J connectivity index is 2.13. The first-order valence-electron chi connectivity index (χ1n) is 5.11. The van der Waals surface area contributed by atoms with E-state index in [0.29, 0.717) is 0 Å². The molecule has 3 rings (SSSR count). The van der Waals surface area contributed by atoms with Crippen molar-refractivity contribution in [1.82, 2.24) is 0 Å². The largest absolute Gasteiger partial charge is 0.457 e. The summed E-state index contributed by atoms with van der Waals surface area (Å²) in [5, 5.41) is 0. The van der Waals surface area contributed by atoms with Crippen LogP contribution in [0.2, 0.25) is 0 Å². The number of hydrogen-bond donors (Lipinski definition) is 0. The van der Waals surface area contributed by atoms with Crippen LogP contribution in [0.5, 0.6) is 5.75 Å². The lowest BCUT2D eigenvalue weighted by molar-refractivity contribution is 0.416. The van der Waals surface area contributed by atoms with Crippen molar-refractivity contribution >= 4 is 6.08 Å². The molecule has 1 aromatic carbocycles. The Hall–Kier alpha value is -1.50. The average Bonchev–Trinajstić information content (AvgIpc) is 2.26. The van der Waals surface area contributed by atoms with Crippen LogP contribution in [0.15, 0.2) is 41.7 Å². The van der Waals surface area contributed by atoms with E-state index in [0.717, 1.165) is 24.4 Å². The summed E-state index contributed by atoms with van der Waals surface area (Å²) < 4.78 is 5.83. The highest BCUT2D eigenvalue weighted by atomic mass is 16.5. The molecule has 2 aliphatic rings. The zero-order chi connectivity index (χ0) is 9.38. The number of allylic oxidation sites excluding steroid dienone is 2. The molecule has 1 aliphatic carbocycles. The predicted octanol–water partition coefficient (Wildman–Crippen LogP) is 3.53. The Bertz CT molecular complexity index is 427. The second-order valence-corrected chi connectivity index (χ2v) is 3.77. The van der Waals surface area contributed by atoms with Crippen molar-refractivity contribution in [2.75, 3.05) is 0 Å². The lowest BCUT2D eigenvalue weighted by atomic mass is 9.95. The van der Waals surface area contributed by atoms with E-state index in [1.807, 2.05) is 12.1 Å². The third-order valence-corrected chi connectivity index (χ3v) is 2.77. The molecule has 70 valence electrons. The second-order valence-electron chi connectivity index (χ2n) is 3.77. The molecule has 1 nitrogen and oxygen atoms in total. The SMILES string of the molecule is C1=C2CCCC=C2Oc2ccccc21. The zero-order valence-corrected chi connectivity index (χ0v) is 7.99. The van der Waals surface area contributed by atoms with Crippen molar-refractivity contribution < 1.29 is 4.74 Å². The third kappa shape index (κ3) is 1.17. The zero-order valence-electron chi connectivity index (χ0n) is 7.99. The standard InChI is InChI=1S/C13H12O/c1-3-7-12-10(5-1)9-11-6-2-4-8-13(11)14-12/h1,3,5,7-9H,2,4,6H2. The lowest BCUT2D eigenvalue weighted by Crippen LogP contribution is -2.08. The molecule has 0 spiro atoms. The van der Waals surface area contributed by atoms with Crippen LogP contribution in [0, 0.1) is 0 Å². The summed E-state index contributed by atoms with van der Waals surface area (Å²) in [7, 11) is 0. The maximum atomic E-state index is 5.83. The fraction of sp³-hybridized carbons (Fsp3) is 0.231.